The maximum absolute atomic E-state index is 5.96. The molecule has 0 amide bonds. The molecule has 124 valence electrons. The zero-order valence-corrected chi connectivity index (χ0v) is 14.5. The first kappa shape index (κ1) is 17.3. The number of hydrogen-bond donors (Lipinski definition) is 0. The Bertz CT molecular complexity index is 280. The van der Waals surface area contributed by atoms with Crippen LogP contribution in [0.2, 0.25) is 6.04 Å². The molecule has 6 nitrogen and oxygen atoms in total. The smallest absolute Gasteiger partial charge is 0.377 e. The first-order chi connectivity index (χ1) is 10.2. The first-order valence-corrected chi connectivity index (χ1v) is 10.1. The van der Waals surface area contributed by atoms with Gasteiger partial charge in [0.2, 0.25) is 0 Å². The number of piperazine rings is 1. The monoisotopic (exact) mass is 318 g/mol. The van der Waals surface area contributed by atoms with Crippen molar-refractivity contribution in [3.8, 4) is 0 Å². The van der Waals surface area contributed by atoms with Crippen molar-refractivity contribution >= 4 is 8.80 Å². The van der Waals surface area contributed by atoms with Crippen LogP contribution in [0.3, 0.4) is 0 Å². The molecule has 2 saturated heterocycles. The fourth-order valence-corrected chi connectivity index (χ4v) is 5.27. The zero-order valence-electron chi connectivity index (χ0n) is 13.5. The Hall–Kier alpha value is -0.0231. The summed E-state index contributed by atoms with van der Waals surface area (Å²) in [4.78, 5) is 4.91. The van der Waals surface area contributed by atoms with Gasteiger partial charge in [0, 0.05) is 38.8 Å². The summed E-state index contributed by atoms with van der Waals surface area (Å²) in [7, 11) is -0.293. The predicted octanol–water partition coefficient (Wildman–Crippen LogP) is 0.663. The van der Waals surface area contributed by atoms with E-state index in [0.717, 1.165) is 32.1 Å². The average Bonchev–Trinajstić information content (AvgIpc) is 2.45. The van der Waals surface area contributed by atoms with Crippen LogP contribution in [0.15, 0.2) is 0 Å². The maximum Gasteiger partial charge on any atom is 0.501 e. The van der Waals surface area contributed by atoms with Crippen LogP contribution in [-0.2, 0) is 18.0 Å². The molecule has 0 N–H and O–H groups in total. The third kappa shape index (κ3) is 5.94. The quantitative estimate of drug-likeness (QED) is 0.671. The predicted molar refractivity (Wildman–Crippen MR) is 83.5 cm³/mol. The van der Waals surface area contributed by atoms with Gasteiger partial charge in [0.1, 0.15) is 0 Å². The average molecular weight is 318 g/mol. The van der Waals surface area contributed by atoms with Crippen molar-refractivity contribution in [2.75, 3.05) is 72.8 Å². The largest absolute Gasteiger partial charge is 0.501 e. The van der Waals surface area contributed by atoms with E-state index in [9.17, 15) is 0 Å². The number of ether oxygens (including phenoxy) is 1. The molecular formula is C14H30N2O4Si. The van der Waals surface area contributed by atoms with Crippen molar-refractivity contribution in [2.45, 2.75) is 19.4 Å². The molecule has 0 bridgehead atoms. The summed E-state index contributed by atoms with van der Waals surface area (Å²) in [5, 5.41) is 0. The van der Waals surface area contributed by atoms with E-state index in [-0.39, 0.29) is 0 Å². The summed E-state index contributed by atoms with van der Waals surface area (Å²) < 4.78 is 23.2. The topological polar surface area (TPSA) is 43.4 Å². The SMILES string of the molecule is CCO[Si]1(CCCN2CCN(C)CC2)OCCOCCO1. The molecule has 2 aliphatic heterocycles. The van der Waals surface area contributed by atoms with Crippen LogP contribution in [0.4, 0.5) is 0 Å². The van der Waals surface area contributed by atoms with Crippen molar-refractivity contribution in [1.82, 2.24) is 9.80 Å². The summed E-state index contributed by atoms with van der Waals surface area (Å²) in [6, 6.07) is 0.910. The van der Waals surface area contributed by atoms with Gasteiger partial charge in [0.25, 0.3) is 0 Å². The summed E-state index contributed by atoms with van der Waals surface area (Å²) >= 11 is 0. The van der Waals surface area contributed by atoms with E-state index >= 15 is 0 Å². The normalized spacial score (nSPS) is 25.4. The van der Waals surface area contributed by atoms with Gasteiger partial charge in [0.05, 0.1) is 26.4 Å². The molecule has 0 aliphatic carbocycles. The summed E-state index contributed by atoms with van der Waals surface area (Å²) in [5.74, 6) is 0. The van der Waals surface area contributed by atoms with Crippen molar-refractivity contribution in [3.63, 3.8) is 0 Å². The van der Waals surface area contributed by atoms with Crippen LogP contribution in [0.1, 0.15) is 13.3 Å². The standard InChI is InChI=1S/C14H30N2O4Si/c1-3-18-21(19-12-10-17-11-13-20-21)14-4-5-16-8-6-15(2)7-9-16/h3-14H2,1-2H3. The minimum Gasteiger partial charge on any atom is -0.377 e. The Kier molecular flexibility index (Phi) is 7.59. The molecule has 0 atom stereocenters. The Morgan fingerprint density at radius 2 is 1.67 bits per heavy atom. The Balaban J connectivity index is 1.75. The number of nitrogens with zero attached hydrogens (tertiary/aromatic N) is 2. The van der Waals surface area contributed by atoms with Gasteiger partial charge in [-0.2, -0.15) is 0 Å². The Morgan fingerprint density at radius 1 is 1.00 bits per heavy atom. The Labute approximate surface area is 129 Å². The van der Waals surface area contributed by atoms with Gasteiger partial charge >= 0.3 is 8.80 Å². The van der Waals surface area contributed by atoms with Crippen LogP contribution in [0.25, 0.3) is 0 Å². The van der Waals surface area contributed by atoms with Gasteiger partial charge in [-0.3, -0.25) is 0 Å². The second-order valence-corrected chi connectivity index (χ2v) is 8.41. The van der Waals surface area contributed by atoms with Crippen LogP contribution >= 0.6 is 0 Å². The summed E-state index contributed by atoms with van der Waals surface area (Å²) in [6.45, 7) is 10.9. The summed E-state index contributed by atoms with van der Waals surface area (Å²) in [6.07, 6.45) is 1.08. The number of likely N-dealkylation sites (N-methyl/N-ethyl adjacent to an activating group) is 1. The second-order valence-electron chi connectivity index (χ2n) is 5.67. The molecule has 0 aromatic carbocycles. The van der Waals surface area contributed by atoms with E-state index in [2.05, 4.69) is 16.8 Å². The van der Waals surface area contributed by atoms with Crippen LogP contribution in [-0.4, -0.2) is 91.4 Å². The van der Waals surface area contributed by atoms with Crippen LogP contribution in [0, 0.1) is 0 Å². The van der Waals surface area contributed by atoms with Crippen molar-refractivity contribution in [3.05, 3.63) is 0 Å². The van der Waals surface area contributed by atoms with Crippen LogP contribution < -0.4 is 0 Å². The van der Waals surface area contributed by atoms with E-state index in [1.165, 1.54) is 13.1 Å². The minimum atomic E-state index is -2.48. The van der Waals surface area contributed by atoms with Crippen molar-refractivity contribution < 1.29 is 18.0 Å². The number of hydrogen-bond acceptors (Lipinski definition) is 6. The lowest BCUT2D eigenvalue weighted by Crippen LogP contribution is -2.49. The molecule has 0 unspecified atom stereocenters. The molecule has 2 fully saturated rings. The summed E-state index contributed by atoms with van der Waals surface area (Å²) in [5.41, 5.74) is 0. The van der Waals surface area contributed by atoms with Crippen molar-refractivity contribution in [1.29, 1.82) is 0 Å². The molecule has 2 heterocycles. The molecule has 0 radical (unpaired) electrons. The Morgan fingerprint density at radius 3 is 2.29 bits per heavy atom. The highest BCUT2D eigenvalue weighted by atomic mass is 28.4. The van der Waals surface area contributed by atoms with Crippen LogP contribution in [0.5, 0.6) is 0 Å². The molecule has 0 aromatic rings. The fourth-order valence-electron chi connectivity index (χ4n) is 2.77. The van der Waals surface area contributed by atoms with Gasteiger partial charge in [0.15, 0.2) is 0 Å². The molecule has 0 saturated carbocycles. The lowest BCUT2D eigenvalue weighted by Gasteiger charge is -2.34. The minimum absolute atomic E-state index is 0.584. The lowest BCUT2D eigenvalue weighted by molar-refractivity contribution is -0.0155. The molecule has 0 spiro atoms. The molecule has 2 aliphatic rings. The first-order valence-electron chi connectivity index (χ1n) is 8.14. The van der Waals surface area contributed by atoms with Gasteiger partial charge in [-0.05, 0) is 26.9 Å². The molecule has 7 heteroatoms. The lowest BCUT2D eigenvalue weighted by atomic mass is 10.3. The maximum atomic E-state index is 5.96. The van der Waals surface area contributed by atoms with Gasteiger partial charge in [-0.25, -0.2) is 0 Å². The van der Waals surface area contributed by atoms with E-state index < -0.39 is 8.80 Å². The fraction of sp³-hybridized carbons (Fsp3) is 1.00. The highest BCUT2D eigenvalue weighted by molar-refractivity contribution is 6.60. The molecule has 0 aromatic heterocycles. The van der Waals surface area contributed by atoms with E-state index in [4.69, 9.17) is 18.0 Å². The number of rotatable bonds is 6. The molecule has 21 heavy (non-hydrogen) atoms. The van der Waals surface area contributed by atoms with E-state index in [1.54, 1.807) is 0 Å². The van der Waals surface area contributed by atoms with E-state index in [0.29, 0.717) is 33.0 Å². The third-order valence-corrected chi connectivity index (χ3v) is 7.00. The van der Waals surface area contributed by atoms with E-state index in [1.807, 2.05) is 6.92 Å². The highest BCUT2D eigenvalue weighted by Gasteiger charge is 2.41. The van der Waals surface area contributed by atoms with Gasteiger partial charge < -0.3 is 27.8 Å². The molecule has 2 rings (SSSR count). The van der Waals surface area contributed by atoms with Gasteiger partial charge in [-0.1, -0.05) is 0 Å². The second kappa shape index (κ2) is 9.19. The van der Waals surface area contributed by atoms with Crippen molar-refractivity contribution in [2.24, 2.45) is 0 Å². The van der Waals surface area contributed by atoms with Gasteiger partial charge in [-0.15, -0.1) is 0 Å². The highest BCUT2D eigenvalue weighted by Crippen LogP contribution is 2.19. The zero-order chi connectivity index (χ0) is 15.0. The third-order valence-electron chi connectivity index (χ3n) is 4.02. The molecular weight excluding hydrogens is 288 g/mol.